The van der Waals surface area contributed by atoms with Gasteiger partial charge in [0.1, 0.15) is 17.3 Å². The number of anilines is 1. The summed E-state index contributed by atoms with van der Waals surface area (Å²) in [5.41, 5.74) is 1.77. The van der Waals surface area contributed by atoms with Crippen LogP contribution >= 0.6 is 11.8 Å². The van der Waals surface area contributed by atoms with Crippen molar-refractivity contribution in [3.05, 3.63) is 75.5 Å². The summed E-state index contributed by atoms with van der Waals surface area (Å²) < 4.78 is 23.4. The molecular weight excluding hydrogens is 421 g/mol. The number of methoxy groups -OCH3 is 2. The number of rotatable bonds is 8. The van der Waals surface area contributed by atoms with Crippen LogP contribution in [0.15, 0.2) is 52.4 Å². The third-order valence-corrected chi connectivity index (χ3v) is 5.45. The Bertz CT molecular complexity index is 1130. The molecule has 1 heterocycles. The molecule has 0 unspecified atom stereocenters. The topological polar surface area (TPSA) is 93.3 Å². The van der Waals surface area contributed by atoms with Gasteiger partial charge in [-0.15, -0.1) is 0 Å². The monoisotopic (exact) mass is 443 g/mol. The Labute approximate surface area is 183 Å². The standard InChI is InChI=1S/C22H22FN3O4S/c1-13-17(11-20(27)25-18-9-8-16(29-2)10-19(18)30-3)21(28)26-22(24-13)31-12-14-4-6-15(23)7-5-14/h4-10H,11-12H2,1-3H3,(H,25,27)(H,24,26,28). The maximum Gasteiger partial charge on any atom is 0.255 e. The van der Waals surface area contributed by atoms with Crippen LogP contribution in [0.3, 0.4) is 0 Å². The molecule has 0 bridgehead atoms. The van der Waals surface area contributed by atoms with Gasteiger partial charge in [0.2, 0.25) is 5.91 Å². The van der Waals surface area contributed by atoms with Crippen LogP contribution in [0, 0.1) is 12.7 Å². The molecule has 0 radical (unpaired) electrons. The molecule has 0 aliphatic rings. The highest BCUT2D eigenvalue weighted by Gasteiger charge is 2.15. The lowest BCUT2D eigenvalue weighted by molar-refractivity contribution is -0.115. The van der Waals surface area contributed by atoms with Crippen LogP contribution in [-0.2, 0) is 17.0 Å². The molecule has 9 heteroatoms. The van der Waals surface area contributed by atoms with Crippen molar-refractivity contribution in [3.8, 4) is 11.5 Å². The van der Waals surface area contributed by atoms with Gasteiger partial charge >= 0.3 is 0 Å². The number of thioether (sulfide) groups is 1. The Morgan fingerprint density at radius 3 is 2.55 bits per heavy atom. The van der Waals surface area contributed by atoms with Crippen LogP contribution in [-0.4, -0.2) is 30.1 Å². The first-order chi connectivity index (χ1) is 14.9. The van der Waals surface area contributed by atoms with Gasteiger partial charge in [-0.25, -0.2) is 9.37 Å². The van der Waals surface area contributed by atoms with Crippen molar-refractivity contribution in [3.63, 3.8) is 0 Å². The summed E-state index contributed by atoms with van der Waals surface area (Å²) in [7, 11) is 3.03. The molecule has 3 rings (SSSR count). The zero-order chi connectivity index (χ0) is 22.4. The molecule has 3 aromatic rings. The van der Waals surface area contributed by atoms with E-state index in [9.17, 15) is 14.0 Å². The van der Waals surface area contributed by atoms with Crippen molar-refractivity contribution in [1.82, 2.24) is 9.97 Å². The molecule has 0 aliphatic heterocycles. The zero-order valence-corrected chi connectivity index (χ0v) is 18.1. The average Bonchev–Trinajstić information content (AvgIpc) is 2.76. The van der Waals surface area contributed by atoms with E-state index in [0.29, 0.717) is 33.8 Å². The van der Waals surface area contributed by atoms with Crippen molar-refractivity contribution in [1.29, 1.82) is 0 Å². The number of nitrogens with zero attached hydrogens (tertiary/aromatic N) is 1. The normalized spacial score (nSPS) is 10.6. The molecule has 7 nitrogen and oxygen atoms in total. The predicted octanol–water partition coefficient (Wildman–Crippen LogP) is 3.71. The highest BCUT2D eigenvalue weighted by atomic mass is 32.2. The van der Waals surface area contributed by atoms with Crippen LogP contribution < -0.4 is 20.3 Å². The van der Waals surface area contributed by atoms with Gasteiger partial charge < -0.3 is 19.8 Å². The third kappa shape index (κ3) is 5.85. The summed E-state index contributed by atoms with van der Waals surface area (Å²) in [5, 5.41) is 3.18. The molecule has 0 atom stereocenters. The molecule has 162 valence electrons. The second-order valence-corrected chi connectivity index (χ2v) is 7.61. The molecule has 1 aromatic heterocycles. The molecule has 0 fully saturated rings. The number of halogens is 1. The number of aromatic nitrogens is 2. The van der Waals surface area contributed by atoms with E-state index in [1.54, 1.807) is 37.3 Å². The Kier molecular flexibility index (Phi) is 7.30. The van der Waals surface area contributed by atoms with Crippen LogP contribution in [0.4, 0.5) is 10.1 Å². The van der Waals surface area contributed by atoms with Crippen LogP contribution in [0.1, 0.15) is 16.8 Å². The highest BCUT2D eigenvalue weighted by Crippen LogP contribution is 2.29. The second kappa shape index (κ2) is 10.1. The number of benzene rings is 2. The molecule has 0 aliphatic carbocycles. The first-order valence-corrected chi connectivity index (χ1v) is 10.4. The minimum Gasteiger partial charge on any atom is -0.497 e. The fourth-order valence-corrected chi connectivity index (χ4v) is 3.71. The fraction of sp³-hybridized carbons (Fsp3) is 0.227. The highest BCUT2D eigenvalue weighted by molar-refractivity contribution is 7.98. The van der Waals surface area contributed by atoms with Crippen LogP contribution in [0.5, 0.6) is 11.5 Å². The molecular formula is C22H22FN3O4S. The summed E-state index contributed by atoms with van der Waals surface area (Å²) >= 11 is 1.33. The van der Waals surface area contributed by atoms with E-state index in [-0.39, 0.29) is 29.3 Å². The lowest BCUT2D eigenvalue weighted by atomic mass is 10.1. The van der Waals surface area contributed by atoms with Crippen molar-refractivity contribution in [2.75, 3.05) is 19.5 Å². The summed E-state index contributed by atoms with van der Waals surface area (Å²) in [6.07, 6.45) is -0.133. The lowest BCUT2D eigenvalue weighted by Gasteiger charge is -2.12. The van der Waals surface area contributed by atoms with E-state index in [1.165, 1.54) is 38.1 Å². The number of aryl methyl sites for hydroxylation is 1. The van der Waals surface area contributed by atoms with Gasteiger partial charge in [-0.1, -0.05) is 23.9 Å². The average molecular weight is 444 g/mol. The molecule has 2 N–H and O–H groups in total. The minimum atomic E-state index is -0.370. The zero-order valence-electron chi connectivity index (χ0n) is 17.3. The number of aromatic amines is 1. The number of carbonyl (C=O) groups is 1. The number of hydrogen-bond donors (Lipinski definition) is 2. The van der Waals surface area contributed by atoms with Gasteiger partial charge in [0.25, 0.3) is 5.56 Å². The molecule has 0 saturated carbocycles. The largest absolute Gasteiger partial charge is 0.497 e. The predicted molar refractivity (Wildman–Crippen MR) is 117 cm³/mol. The van der Waals surface area contributed by atoms with Crippen molar-refractivity contribution in [2.45, 2.75) is 24.3 Å². The van der Waals surface area contributed by atoms with E-state index in [4.69, 9.17) is 9.47 Å². The SMILES string of the molecule is COc1ccc(NC(=O)Cc2c(C)nc(SCc3ccc(F)cc3)[nH]c2=O)c(OC)c1. The molecule has 0 saturated heterocycles. The summed E-state index contributed by atoms with van der Waals surface area (Å²) in [5.74, 6) is 0.903. The van der Waals surface area contributed by atoms with Gasteiger partial charge in [0.05, 0.1) is 26.3 Å². The van der Waals surface area contributed by atoms with E-state index in [2.05, 4.69) is 15.3 Å². The lowest BCUT2D eigenvalue weighted by Crippen LogP contribution is -2.24. The molecule has 2 aromatic carbocycles. The number of nitrogens with one attached hydrogen (secondary N) is 2. The molecule has 0 spiro atoms. The maximum absolute atomic E-state index is 13.0. The number of carbonyl (C=O) groups excluding carboxylic acids is 1. The van der Waals surface area contributed by atoms with Crippen molar-refractivity contribution in [2.24, 2.45) is 0 Å². The minimum absolute atomic E-state index is 0.133. The number of ether oxygens (including phenoxy) is 2. The second-order valence-electron chi connectivity index (χ2n) is 6.64. The van der Waals surface area contributed by atoms with Gasteiger partial charge in [-0.3, -0.25) is 9.59 Å². The summed E-state index contributed by atoms with van der Waals surface area (Å²) in [6.45, 7) is 1.69. The Morgan fingerprint density at radius 2 is 1.90 bits per heavy atom. The summed E-state index contributed by atoms with van der Waals surface area (Å²) in [4.78, 5) is 32.2. The number of amides is 1. The molecule has 31 heavy (non-hydrogen) atoms. The smallest absolute Gasteiger partial charge is 0.255 e. The van der Waals surface area contributed by atoms with Gasteiger partial charge in [-0.2, -0.15) is 0 Å². The first kappa shape index (κ1) is 22.4. The summed E-state index contributed by atoms with van der Waals surface area (Å²) in [6, 6.07) is 11.2. The van der Waals surface area contributed by atoms with Gasteiger partial charge in [0.15, 0.2) is 5.16 Å². The Morgan fingerprint density at radius 1 is 1.16 bits per heavy atom. The molecule has 1 amide bonds. The number of hydrogen-bond acceptors (Lipinski definition) is 6. The third-order valence-electron chi connectivity index (χ3n) is 4.51. The Hall–Kier alpha value is -3.33. The van der Waals surface area contributed by atoms with Crippen LogP contribution in [0.25, 0.3) is 0 Å². The maximum atomic E-state index is 13.0. The van der Waals surface area contributed by atoms with E-state index in [1.807, 2.05) is 0 Å². The quantitative estimate of drug-likeness (QED) is 0.407. The Balaban J connectivity index is 1.68. The number of H-pyrrole nitrogens is 1. The van der Waals surface area contributed by atoms with Crippen molar-refractivity contribution < 1.29 is 18.7 Å². The van der Waals surface area contributed by atoms with Gasteiger partial charge in [0, 0.05) is 23.1 Å². The van der Waals surface area contributed by atoms with E-state index >= 15 is 0 Å². The van der Waals surface area contributed by atoms with Gasteiger partial charge in [-0.05, 0) is 36.8 Å². The van der Waals surface area contributed by atoms with E-state index in [0.717, 1.165) is 5.56 Å². The fourth-order valence-electron chi connectivity index (χ4n) is 2.85. The first-order valence-electron chi connectivity index (χ1n) is 9.38. The van der Waals surface area contributed by atoms with E-state index < -0.39 is 0 Å². The van der Waals surface area contributed by atoms with Crippen LogP contribution in [0.2, 0.25) is 0 Å². The van der Waals surface area contributed by atoms with Crippen molar-refractivity contribution >= 4 is 23.4 Å².